The van der Waals surface area contributed by atoms with Crippen LogP contribution in [0.3, 0.4) is 0 Å². The lowest BCUT2D eigenvalue weighted by atomic mass is 10.1. The number of rotatable bonds is 4. The summed E-state index contributed by atoms with van der Waals surface area (Å²) in [5, 5.41) is 5.26. The highest BCUT2D eigenvalue weighted by molar-refractivity contribution is 7.14. The first-order chi connectivity index (χ1) is 11.7. The van der Waals surface area contributed by atoms with Crippen LogP contribution < -0.4 is 20.5 Å². The van der Waals surface area contributed by atoms with Crippen molar-refractivity contribution in [2.75, 3.05) is 18.7 Å². The summed E-state index contributed by atoms with van der Waals surface area (Å²) in [6, 6.07) is 5.66. The molecule has 8 heteroatoms. The van der Waals surface area contributed by atoms with E-state index < -0.39 is 6.10 Å². The first-order valence-electron chi connectivity index (χ1n) is 7.75. The van der Waals surface area contributed by atoms with Gasteiger partial charge in [0.2, 0.25) is 6.79 Å². The molecule has 7 nitrogen and oxygen atoms in total. The maximum Gasteiger partial charge on any atom is 0.255 e. The Labute approximate surface area is 142 Å². The van der Waals surface area contributed by atoms with Crippen molar-refractivity contribution in [2.24, 2.45) is 5.73 Å². The summed E-state index contributed by atoms with van der Waals surface area (Å²) in [6.45, 7) is 0.678. The van der Waals surface area contributed by atoms with Crippen molar-refractivity contribution >= 4 is 22.4 Å². The molecular formula is C16H17N3O4S. The minimum atomic E-state index is -0.448. The fourth-order valence-electron chi connectivity index (χ4n) is 2.78. The molecular weight excluding hydrogens is 330 g/mol. The lowest BCUT2D eigenvalue weighted by Crippen LogP contribution is -2.29. The number of aromatic nitrogens is 1. The number of nitrogens with two attached hydrogens (primary N) is 1. The van der Waals surface area contributed by atoms with Crippen molar-refractivity contribution in [2.45, 2.75) is 25.0 Å². The van der Waals surface area contributed by atoms with Gasteiger partial charge in [0.25, 0.3) is 5.91 Å². The molecule has 1 fully saturated rings. The van der Waals surface area contributed by atoms with E-state index in [4.69, 9.17) is 19.9 Å². The zero-order chi connectivity index (χ0) is 16.5. The van der Waals surface area contributed by atoms with Gasteiger partial charge in [0.1, 0.15) is 6.10 Å². The predicted molar refractivity (Wildman–Crippen MR) is 89.3 cm³/mol. The number of anilines is 1. The van der Waals surface area contributed by atoms with Crippen molar-refractivity contribution in [1.29, 1.82) is 0 Å². The Morgan fingerprint density at radius 2 is 2.21 bits per heavy atom. The fourth-order valence-corrected chi connectivity index (χ4v) is 3.50. The molecule has 3 heterocycles. The molecule has 1 aromatic carbocycles. The molecule has 1 aromatic heterocycles. The number of hydrogen-bond donors (Lipinski definition) is 2. The lowest BCUT2D eigenvalue weighted by molar-refractivity contribution is -0.126. The van der Waals surface area contributed by atoms with E-state index in [9.17, 15) is 4.79 Å². The van der Waals surface area contributed by atoms with Crippen molar-refractivity contribution in [1.82, 2.24) is 4.98 Å². The lowest BCUT2D eigenvalue weighted by Gasteiger charge is -2.11. The number of hydrogen-bond acceptors (Lipinski definition) is 7. The summed E-state index contributed by atoms with van der Waals surface area (Å²) in [7, 11) is 0. The van der Waals surface area contributed by atoms with Crippen LogP contribution in [0.4, 0.5) is 5.13 Å². The van der Waals surface area contributed by atoms with Crippen LogP contribution in [0.15, 0.2) is 23.6 Å². The first kappa shape index (κ1) is 15.4. The van der Waals surface area contributed by atoms with Crippen LogP contribution in [0.25, 0.3) is 11.3 Å². The average molecular weight is 347 g/mol. The molecule has 2 aliphatic rings. The summed E-state index contributed by atoms with van der Waals surface area (Å²) in [6.07, 6.45) is 1.03. The third kappa shape index (κ3) is 2.95. The van der Waals surface area contributed by atoms with Gasteiger partial charge in [-0.1, -0.05) is 0 Å². The number of nitrogens with zero attached hydrogens (tertiary/aromatic N) is 1. The quantitative estimate of drug-likeness (QED) is 0.878. The summed E-state index contributed by atoms with van der Waals surface area (Å²) in [5.74, 6) is 1.27. The zero-order valence-corrected chi connectivity index (χ0v) is 13.7. The number of benzene rings is 1. The normalized spacial score (nSPS) is 21.9. The third-order valence-electron chi connectivity index (χ3n) is 4.07. The molecule has 4 rings (SSSR count). The maximum absolute atomic E-state index is 12.2. The highest BCUT2D eigenvalue weighted by Crippen LogP contribution is 2.36. The molecule has 0 aliphatic carbocycles. The van der Waals surface area contributed by atoms with Gasteiger partial charge >= 0.3 is 0 Å². The molecule has 24 heavy (non-hydrogen) atoms. The van der Waals surface area contributed by atoms with Crippen LogP contribution in [-0.4, -0.2) is 36.4 Å². The smallest absolute Gasteiger partial charge is 0.255 e. The van der Waals surface area contributed by atoms with Gasteiger partial charge in [0, 0.05) is 17.5 Å². The van der Waals surface area contributed by atoms with E-state index in [2.05, 4.69) is 10.3 Å². The van der Waals surface area contributed by atoms with Crippen LogP contribution >= 0.6 is 11.3 Å². The first-order valence-corrected chi connectivity index (χ1v) is 8.63. The van der Waals surface area contributed by atoms with E-state index in [1.54, 1.807) is 0 Å². The number of nitrogens with one attached hydrogen (secondary N) is 1. The number of thiazole rings is 1. The van der Waals surface area contributed by atoms with Crippen molar-refractivity contribution in [3.63, 3.8) is 0 Å². The van der Waals surface area contributed by atoms with E-state index in [0.717, 1.165) is 23.4 Å². The van der Waals surface area contributed by atoms with Gasteiger partial charge in [0.15, 0.2) is 16.6 Å². The monoisotopic (exact) mass is 347 g/mol. The van der Waals surface area contributed by atoms with E-state index in [1.807, 2.05) is 23.6 Å². The second kappa shape index (κ2) is 6.39. The van der Waals surface area contributed by atoms with Gasteiger partial charge in [-0.25, -0.2) is 4.98 Å². The summed E-state index contributed by atoms with van der Waals surface area (Å²) < 4.78 is 16.3. The van der Waals surface area contributed by atoms with Crippen LogP contribution in [0.2, 0.25) is 0 Å². The molecule has 3 N–H and O–H groups in total. The Morgan fingerprint density at radius 1 is 1.33 bits per heavy atom. The second-order valence-corrected chi connectivity index (χ2v) is 6.51. The van der Waals surface area contributed by atoms with E-state index >= 15 is 0 Å². The third-order valence-corrected chi connectivity index (χ3v) is 4.82. The van der Waals surface area contributed by atoms with Crippen LogP contribution in [0.1, 0.15) is 12.8 Å². The SMILES string of the molecule is NC[C@H]1CC[C@@H](C(=O)Nc2nc(-c3ccc4c(c3)OCO4)cs2)O1. The minimum Gasteiger partial charge on any atom is -0.454 e. The topological polar surface area (TPSA) is 95.7 Å². The summed E-state index contributed by atoms with van der Waals surface area (Å²) >= 11 is 1.38. The van der Waals surface area contributed by atoms with Crippen molar-refractivity contribution in [3.05, 3.63) is 23.6 Å². The maximum atomic E-state index is 12.2. The molecule has 0 saturated carbocycles. The number of carbonyl (C=O) groups excluding carboxylic acids is 1. The molecule has 126 valence electrons. The zero-order valence-electron chi connectivity index (χ0n) is 12.9. The van der Waals surface area contributed by atoms with Gasteiger partial charge in [-0.2, -0.15) is 0 Å². The van der Waals surface area contributed by atoms with Gasteiger partial charge in [-0.05, 0) is 31.0 Å². The number of amides is 1. The highest BCUT2D eigenvalue weighted by Gasteiger charge is 2.30. The van der Waals surface area contributed by atoms with E-state index in [0.29, 0.717) is 23.8 Å². The highest BCUT2D eigenvalue weighted by atomic mass is 32.1. The van der Waals surface area contributed by atoms with Crippen molar-refractivity contribution in [3.8, 4) is 22.8 Å². The van der Waals surface area contributed by atoms with Gasteiger partial charge in [-0.15, -0.1) is 11.3 Å². The fraction of sp³-hybridized carbons (Fsp3) is 0.375. The standard InChI is InChI=1S/C16H17N3O4S/c17-6-10-2-4-13(23-10)15(20)19-16-18-11(7-24-16)9-1-3-12-14(5-9)22-8-21-12/h1,3,5,7,10,13H,2,4,6,8,17H2,(H,18,19,20)/t10-,13+/m1/s1. The molecule has 0 unspecified atom stereocenters. The second-order valence-electron chi connectivity index (χ2n) is 5.65. The summed E-state index contributed by atoms with van der Waals surface area (Å²) in [4.78, 5) is 16.7. The minimum absolute atomic E-state index is 0.0266. The molecule has 2 aromatic rings. The largest absolute Gasteiger partial charge is 0.454 e. The Kier molecular flexibility index (Phi) is 4.09. The molecule has 1 saturated heterocycles. The van der Waals surface area contributed by atoms with Gasteiger partial charge < -0.3 is 19.9 Å². The average Bonchev–Trinajstić information content (AvgIpc) is 3.33. The Hall–Kier alpha value is -2.16. The molecule has 0 spiro atoms. The number of ether oxygens (including phenoxy) is 3. The molecule has 0 radical (unpaired) electrons. The van der Waals surface area contributed by atoms with Crippen molar-refractivity contribution < 1.29 is 19.0 Å². The Balaban J connectivity index is 1.44. The molecule has 2 aliphatic heterocycles. The van der Waals surface area contributed by atoms with Gasteiger partial charge in [0.05, 0.1) is 11.8 Å². The van der Waals surface area contributed by atoms with Crippen LogP contribution in [-0.2, 0) is 9.53 Å². The predicted octanol–water partition coefficient (Wildman–Crippen LogP) is 1.98. The number of fused-ring (bicyclic) bond motifs is 1. The molecule has 2 atom stereocenters. The van der Waals surface area contributed by atoms with Crippen LogP contribution in [0.5, 0.6) is 11.5 Å². The van der Waals surface area contributed by atoms with E-state index in [-0.39, 0.29) is 18.8 Å². The molecule has 0 bridgehead atoms. The summed E-state index contributed by atoms with van der Waals surface area (Å²) in [5.41, 5.74) is 7.26. The Bertz CT molecular complexity index is 764. The van der Waals surface area contributed by atoms with E-state index in [1.165, 1.54) is 11.3 Å². The van der Waals surface area contributed by atoms with Gasteiger partial charge in [-0.3, -0.25) is 10.1 Å². The van der Waals surface area contributed by atoms with Crippen LogP contribution in [0, 0.1) is 0 Å². The Morgan fingerprint density at radius 3 is 3.04 bits per heavy atom. The molecule has 1 amide bonds. The number of carbonyl (C=O) groups is 1.